The summed E-state index contributed by atoms with van der Waals surface area (Å²) in [6.45, 7) is 5.37. The van der Waals surface area contributed by atoms with Gasteiger partial charge in [-0.05, 0) is 25.8 Å². The third-order valence-electron chi connectivity index (χ3n) is 3.92. The van der Waals surface area contributed by atoms with Gasteiger partial charge in [0.05, 0.1) is 5.01 Å². The molecule has 1 atom stereocenters. The fraction of sp³-hybridized carbons (Fsp3) is 0.800. The van der Waals surface area contributed by atoms with Crippen LogP contribution in [0.25, 0.3) is 0 Å². The number of thiazole rings is 1. The number of nitrogens with one attached hydrogen (secondary N) is 1. The summed E-state index contributed by atoms with van der Waals surface area (Å²) in [4.78, 5) is 4.60. The molecule has 2 nitrogen and oxygen atoms in total. The van der Waals surface area contributed by atoms with Gasteiger partial charge in [0.25, 0.3) is 0 Å². The van der Waals surface area contributed by atoms with Crippen LogP contribution >= 0.6 is 11.3 Å². The highest BCUT2D eigenvalue weighted by Crippen LogP contribution is 2.28. The molecule has 0 spiro atoms. The van der Waals surface area contributed by atoms with E-state index in [2.05, 4.69) is 29.5 Å². The summed E-state index contributed by atoms with van der Waals surface area (Å²) in [6, 6.07) is 0.628. The molecule has 0 bridgehead atoms. The number of likely N-dealkylation sites (N-methyl/N-ethyl adjacent to an activating group) is 1. The van der Waals surface area contributed by atoms with E-state index in [1.165, 1.54) is 49.2 Å². The van der Waals surface area contributed by atoms with Crippen molar-refractivity contribution in [3.63, 3.8) is 0 Å². The highest BCUT2D eigenvalue weighted by atomic mass is 32.1. The molecule has 1 fully saturated rings. The SMILES string of the molecule is CCNC(Cc1nc(C)cs1)CC1CCCCC1. The lowest BCUT2D eigenvalue weighted by Crippen LogP contribution is -2.33. The number of aryl methyl sites for hydroxylation is 1. The minimum Gasteiger partial charge on any atom is -0.314 e. The van der Waals surface area contributed by atoms with Crippen LogP contribution in [-0.2, 0) is 6.42 Å². The number of rotatable bonds is 6. The van der Waals surface area contributed by atoms with Gasteiger partial charge in [-0.3, -0.25) is 0 Å². The maximum Gasteiger partial charge on any atom is 0.0943 e. The van der Waals surface area contributed by atoms with Gasteiger partial charge in [-0.25, -0.2) is 4.98 Å². The summed E-state index contributed by atoms with van der Waals surface area (Å²) in [7, 11) is 0. The summed E-state index contributed by atoms with van der Waals surface area (Å²) >= 11 is 1.81. The zero-order chi connectivity index (χ0) is 12.8. The maximum atomic E-state index is 4.60. The first-order chi connectivity index (χ1) is 8.78. The highest BCUT2D eigenvalue weighted by molar-refractivity contribution is 7.09. The minimum atomic E-state index is 0.628. The lowest BCUT2D eigenvalue weighted by Gasteiger charge is -2.26. The van der Waals surface area contributed by atoms with E-state index in [4.69, 9.17) is 0 Å². The number of hydrogen-bond donors (Lipinski definition) is 1. The molecule has 1 N–H and O–H groups in total. The average Bonchev–Trinajstić information content (AvgIpc) is 2.76. The van der Waals surface area contributed by atoms with Crippen molar-refractivity contribution in [3.8, 4) is 0 Å². The van der Waals surface area contributed by atoms with Crippen LogP contribution in [0.2, 0.25) is 0 Å². The van der Waals surface area contributed by atoms with Crippen molar-refractivity contribution in [2.45, 2.75) is 64.8 Å². The molecule has 0 aromatic carbocycles. The van der Waals surface area contributed by atoms with E-state index in [-0.39, 0.29) is 0 Å². The Balaban J connectivity index is 1.86. The van der Waals surface area contributed by atoms with Crippen LogP contribution in [0.15, 0.2) is 5.38 Å². The molecule has 2 rings (SSSR count). The van der Waals surface area contributed by atoms with E-state index in [1.54, 1.807) is 0 Å². The van der Waals surface area contributed by atoms with Crippen LogP contribution in [0.5, 0.6) is 0 Å². The number of aromatic nitrogens is 1. The van der Waals surface area contributed by atoms with Crippen LogP contribution < -0.4 is 5.32 Å². The maximum absolute atomic E-state index is 4.60. The van der Waals surface area contributed by atoms with Gasteiger partial charge in [-0.15, -0.1) is 11.3 Å². The number of hydrogen-bond acceptors (Lipinski definition) is 3. The van der Waals surface area contributed by atoms with Crippen LogP contribution in [0.4, 0.5) is 0 Å². The molecule has 1 aliphatic carbocycles. The van der Waals surface area contributed by atoms with Crippen molar-refractivity contribution in [1.82, 2.24) is 10.3 Å². The Kier molecular flexibility index (Phi) is 5.64. The average molecular weight is 266 g/mol. The minimum absolute atomic E-state index is 0.628. The van der Waals surface area contributed by atoms with Gasteiger partial charge < -0.3 is 5.32 Å². The van der Waals surface area contributed by atoms with E-state index in [0.29, 0.717) is 6.04 Å². The molecule has 1 aliphatic rings. The van der Waals surface area contributed by atoms with Crippen molar-refractivity contribution in [2.75, 3.05) is 6.54 Å². The lowest BCUT2D eigenvalue weighted by molar-refractivity contribution is 0.298. The summed E-state index contributed by atoms with van der Waals surface area (Å²) in [6.07, 6.45) is 9.68. The Labute approximate surface area is 115 Å². The predicted octanol–water partition coefficient (Wildman–Crippen LogP) is 3.94. The molecule has 1 unspecified atom stereocenters. The monoisotopic (exact) mass is 266 g/mol. The van der Waals surface area contributed by atoms with Gasteiger partial charge in [0.2, 0.25) is 0 Å². The molecule has 0 saturated heterocycles. The summed E-state index contributed by atoms with van der Waals surface area (Å²) in [5.74, 6) is 0.948. The number of nitrogens with zero attached hydrogens (tertiary/aromatic N) is 1. The van der Waals surface area contributed by atoms with Crippen molar-refractivity contribution in [1.29, 1.82) is 0 Å². The van der Waals surface area contributed by atoms with Gasteiger partial charge >= 0.3 is 0 Å². The van der Waals surface area contributed by atoms with Crippen molar-refractivity contribution in [2.24, 2.45) is 5.92 Å². The van der Waals surface area contributed by atoms with Crippen molar-refractivity contribution >= 4 is 11.3 Å². The van der Waals surface area contributed by atoms with Crippen LogP contribution in [0, 0.1) is 12.8 Å². The Bertz CT molecular complexity index is 342. The quantitative estimate of drug-likeness (QED) is 0.843. The van der Waals surface area contributed by atoms with Crippen molar-refractivity contribution in [3.05, 3.63) is 16.1 Å². The normalized spacial score (nSPS) is 19.0. The van der Waals surface area contributed by atoms with E-state index < -0.39 is 0 Å². The molecule has 3 heteroatoms. The second-order valence-electron chi connectivity index (χ2n) is 5.58. The molecule has 0 aliphatic heterocycles. The van der Waals surface area contributed by atoms with Crippen LogP contribution in [-0.4, -0.2) is 17.6 Å². The molecule has 18 heavy (non-hydrogen) atoms. The third kappa shape index (κ3) is 4.36. The van der Waals surface area contributed by atoms with E-state index in [9.17, 15) is 0 Å². The van der Waals surface area contributed by atoms with Gasteiger partial charge in [0, 0.05) is 23.5 Å². The zero-order valence-electron chi connectivity index (χ0n) is 11.7. The molecule has 0 radical (unpaired) electrons. The highest BCUT2D eigenvalue weighted by Gasteiger charge is 2.19. The predicted molar refractivity (Wildman–Crippen MR) is 79.2 cm³/mol. The summed E-state index contributed by atoms with van der Waals surface area (Å²) < 4.78 is 0. The first kappa shape index (κ1) is 14.0. The van der Waals surface area contributed by atoms with Crippen LogP contribution in [0.3, 0.4) is 0 Å². The van der Waals surface area contributed by atoms with Crippen LogP contribution in [0.1, 0.15) is 56.2 Å². The second kappa shape index (κ2) is 7.25. The fourth-order valence-corrected chi connectivity index (χ4v) is 3.91. The Hall–Kier alpha value is -0.410. The molecule has 0 amide bonds. The largest absolute Gasteiger partial charge is 0.314 e. The molecule has 1 saturated carbocycles. The van der Waals surface area contributed by atoms with Gasteiger partial charge in [-0.2, -0.15) is 0 Å². The molecular formula is C15H26N2S. The smallest absolute Gasteiger partial charge is 0.0943 e. The van der Waals surface area contributed by atoms with E-state index >= 15 is 0 Å². The Morgan fingerprint density at radius 1 is 1.39 bits per heavy atom. The Morgan fingerprint density at radius 2 is 2.17 bits per heavy atom. The first-order valence-electron chi connectivity index (χ1n) is 7.42. The van der Waals surface area contributed by atoms with Gasteiger partial charge in [-0.1, -0.05) is 39.0 Å². The van der Waals surface area contributed by atoms with E-state index in [0.717, 1.165) is 18.9 Å². The van der Waals surface area contributed by atoms with Gasteiger partial charge in [0.1, 0.15) is 0 Å². The second-order valence-corrected chi connectivity index (χ2v) is 6.52. The molecule has 1 aromatic rings. The topological polar surface area (TPSA) is 24.9 Å². The molecule has 1 aromatic heterocycles. The zero-order valence-corrected chi connectivity index (χ0v) is 12.6. The standard InChI is InChI=1S/C15H26N2S/c1-3-16-14(9-13-7-5-4-6-8-13)10-15-17-12(2)11-18-15/h11,13-14,16H,3-10H2,1-2H3. The summed E-state index contributed by atoms with van der Waals surface area (Å²) in [5.41, 5.74) is 1.17. The lowest BCUT2D eigenvalue weighted by atomic mass is 9.84. The molecular weight excluding hydrogens is 240 g/mol. The third-order valence-corrected chi connectivity index (χ3v) is 4.91. The molecule has 102 valence electrons. The molecule has 1 heterocycles. The first-order valence-corrected chi connectivity index (χ1v) is 8.30. The summed E-state index contributed by atoms with van der Waals surface area (Å²) in [5, 5.41) is 7.12. The van der Waals surface area contributed by atoms with Crippen molar-refractivity contribution < 1.29 is 0 Å². The van der Waals surface area contributed by atoms with E-state index in [1.807, 2.05) is 11.3 Å². The van der Waals surface area contributed by atoms with Gasteiger partial charge in [0.15, 0.2) is 0 Å². The Morgan fingerprint density at radius 3 is 2.78 bits per heavy atom. The fourth-order valence-electron chi connectivity index (χ4n) is 3.06.